The number of aromatic nitrogens is 5. The van der Waals surface area contributed by atoms with Crippen LogP contribution in [-0.4, -0.2) is 55.6 Å². The Balaban J connectivity index is 1.37. The maximum atomic E-state index is 5.81. The molecule has 1 atom stereocenters. The minimum absolute atomic E-state index is 0.0786. The molecule has 0 aliphatic carbocycles. The molecule has 8 heteroatoms. The van der Waals surface area contributed by atoms with Crippen LogP contribution in [0, 0.1) is 6.92 Å². The quantitative estimate of drug-likeness (QED) is 0.697. The summed E-state index contributed by atoms with van der Waals surface area (Å²) in [7, 11) is 0. The van der Waals surface area contributed by atoms with Gasteiger partial charge < -0.3 is 9.26 Å². The normalized spacial score (nSPS) is 18.5. The molecular weight excluding hydrogens is 320 g/mol. The van der Waals surface area contributed by atoms with Gasteiger partial charge in [-0.3, -0.25) is 9.58 Å². The zero-order valence-corrected chi connectivity index (χ0v) is 14.1. The smallest absolute Gasteiger partial charge is 0.241 e. The Hall–Kier alpha value is -2.58. The summed E-state index contributed by atoms with van der Waals surface area (Å²) in [5, 5.41) is 8.22. The van der Waals surface area contributed by atoms with E-state index in [4.69, 9.17) is 9.26 Å². The number of ether oxygens (including phenoxy) is 1. The second-order valence-corrected chi connectivity index (χ2v) is 6.22. The van der Waals surface area contributed by atoms with E-state index in [1.54, 1.807) is 11.0 Å². The number of rotatable bonds is 5. The van der Waals surface area contributed by atoms with Gasteiger partial charge in [-0.05, 0) is 6.92 Å². The molecule has 0 unspecified atom stereocenters. The standard InChI is InChI=1S/C17H20N6O2/c1-13-2-4-14(5-3-13)17-20-16(25-21-17)10-22-6-7-24-15(8-22)9-23-12-18-11-19-23/h2-5,11-12,15H,6-10H2,1H3/t15-/m0/s1. The number of hydrogen-bond acceptors (Lipinski definition) is 7. The van der Waals surface area contributed by atoms with Crippen LogP contribution in [0.3, 0.4) is 0 Å². The largest absolute Gasteiger partial charge is 0.374 e. The van der Waals surface area contributed by atoms with Crippen molar-refractivity contribution >= 4 is 0 Å². The van der Waals surface area contributed by atoms with Crippen molar-refractivity contribution < 1.29 is 9.26 Å². The molecule has 25 heavy (non-hydrogen) atoms. The summed E-state index contributed by atoms with van der Waals surface area (Å²) in [6, 6.07) is 8.10. The number of hydrogen-bond donors (Lipinski definition) is 0. The predicted molar refractivity (Wildman–Crippen MR) is 89.5 cm³/mol. The third kappa shape index (κ3) is 3.92. The van der Waals surface area contributed by atoms with Crippen molar-refractivity contribution in [3.8, 4) is 11.4 Å². The second-order valence-electron chi connectivity index (χ2n) is 6.22. The third-order valence-corrected chi connectivity index (χ3v) is 4.22. The molecule has 2 aromatic heterocycles. The van der Waals surface area contributed by atoms with E-state index in [9.17, 15) is 0 Å². The first kappa shape index (κ1) is 15.9. The Labute approximate surface area is 145 Å². The lowest BCUT2D eigenvalue weighted by Crippen LogP contribution is -2.43. The fourth-order valence-corrected chi connectivity index (χ4v) is 2.90. The molecule has 130 valence electrons. The molecular formula is C17H20N6O2. The lowest BCUT2D eigenvalue weighted by atomic mass is 10.1. The number of nitrogens with zero attached hydrogens (tertiary/aromatic N) is 6. The van der Waals surface area contributed by atoms with E-state index in [0.717, 1.165) is 18.7 Å². The van der Waals surface area contributed by atoms with Gasteiger partial charge in [0, 0.05) is 18.7 Å². The number of morpholine rings is 1. The molecule has 8 nitrogen and oxygen atoms in total. The van der Waals surface area contributed by atoms with Gasteiger partial charge in [0.2, 0.25) is 11.7 Å². The van der Waals surface area contributed by atoms with E-state index in [1.165, 1.54) is 11.9 Å². The molecule has 1 aromatic carbocycles. The van der Waals surface area contributed by atoms with Crippen LogP contribution in [0.2, 0.25) is 0 Å². The topological polar surface area (TPSA) is 82.1 Å². The summed E-state index contributed by atoms with van der Waals surface area (Å²) < 4.78 is 13.0. The summed E-state index contributed by atoms with van der Waals surface area (Å²) >= 11 is 0. The van der Waals surface area contributed by atoms with Crippen molar-refractivity contribution in [2.24, 2.45) is 0 Å². The second kappa shape index (κ2) is 7.12. The van der Waals surface area contributed by atoms with Crippen molar-refractivity contribution in [1.82, 2.24) is 29.8 Å². The lowest BCUT2D eigenvalue weighted by Gasteiger charge is -2.31. The zero-order valence-electron chi connectivity index (χ0n) is 14.1. The van der Waals surface area contributed by atoms with Crippen molar-refractivity contribution in [3.05, 3.63) is 48.4 Å². The predicted octanol–water partition coefficient (Wildman–Crippen LogP) is 1.54. The maximum Gasteiger partial charge on any atom is 0.241 e. The Bertz CT molecular complexity index is 799. The summed E-state index contributed by atoms with van der Waals surface area (Å²) in [6.07, 6.45) is 3.31. The first-order chi connectivity index (χ1) is 12.3. The molecule has 0 spiro atoms. The Morgan fingerprint density at radius 3 is 2.92 bits per heavy atom. The number of aryl methyl sites for hydroxylation is 1. The van der Waals surface area contributed by atoms with E-state index in [1.807, 2.05) is 24.3 Å². The Morgan fingerprint density at radius 2 is 2.12 bits per heavy atom. The minimum atomic E-state index is 0.0786. The van der Waals surface area contributed by atoms with E-state index >= 15 is 0 Å². The molecule has 3 heterocycles. The highest BCUT2D eigenvalue weighted by Crippen LogP contribution is 2.17. The zero-order chi connectivity index (χ0) is 17.1. The van der Waals surface area contributed by atoms with Crippen LogP contribution in [0.1, 0.15) is 11.5 Å². The molecule has 0 radical (unpaired) electrons. The van der Waals surface area contributed by atoms with Gasteiger partial charge in [-0.1, -0.05) is 35.0 Å². The van der Waals surface area contributed by atoms with Gasteiger partial charge in [0.25, 0.3) is 0 Å². The van der Waals surface area contributed by atoms with Crippen LogP contribution >= 0.6 is 0 Å². The van der Waals surface area contributed by atoms with Gasteiger partial charge in [0.15, 0.2) is 0 Å². The van der Waals surface area contributed by atoms with E-state index < -0.39 is 0 Å². The van der Waals surface area contributed by atoms with Crippen LogP contribution in [0.25, 0.3) is 11.4 Å². The molecule has 0 saturated carbocycles. The number of benzene rings is 1. The fourth-order valence-electron chi connectivity index (χ4n) is 2.90. The highest BCUT2D eigenvalue weighted by atomic mass is 16.5. The summed E-state index contributed by atoms with van der Waals surface area (Å²) in [4.78, 5) is 10.7. The third-order valence-electron chi connectivity index (χ3n) is 4.22. The Kier molecular flexibility index (Phi) is 4.53. The lowest BCUT2D eigenvalue weighted by molar-refractivity contribution is -0.0426. The molecule has 1 aliphatic rings. The van der Waals surface area contributed by atoms with Gasteiger partial charge in [-0.15, -0.1) is 0 Å². The van der Waals surface area contributed by atoms with Crippen LogP contribution in [0.5, 0.6) is 0 Å². The van der Waals surface area contributed by atoms with Crippen LogP contribution < -0.4 is 0 Å². The molecule has 0 bridgehead atoms. The van der Waals surface area contributed by atoms with Crippen LogP contribution in [-0.2, 0) is 17.8 Å². The van der Waals surface area contributed by atoms with Crippen LogP contribution in [0.4, 0.5) is 0 Å². The van der Waals surface area contributed by atoms with Crippen molar-refractivity contribution in [2.75, 3.05) is 19.7 Å². The summed E-state index contributed by atoms with van der Waals surface area (Å²) in [5.74, 6) is 1.25. The van der Waals surface area contributed by atoms with E-state index in [2.05, 4.69) is 32.0 Å². The van der Waals surface area contributed by atoms with Crippen molar-refractivity contribution in [1.29, 1.82) is 0 Å². The molecule has 1 fully saturated rings. The highest BCUT2D eigenvalue weighted by Gasteiger charge is 2.23. The fraction of sp³-hybridized carbons (Fsp3) is 0.412. The van der Waals surface area contributed by atoms with Crippen LogP contribution in [0.15, 0.2) is 41.4 Å². The average Bonchev–Trinajstić information content (AvgIpc) is 3.28. The van der Waals surface area contributed by atoms with Gasteiger partial charge in [0.05, 0.1) is 25.8 Å². The first-order valence-electron chi connectivity index (χ1n) is 8.32. The molecule has 1 aliphatic heterocycles. The Morgan fingerprint density at radius 1 is 1.24 bits per heavy atom. The molecule has 1 saturated heterocycles. The van der Waals surface area contributed by atoms with Gasteiger partial charge in [-0.2, -0.15) is 10.1 Å². The molecule has 4 rings (SSSR count). The van der Waals surface area contributed by atoms with Gasteiger partial charge in [-0.25, -0.2) is 4.98 Å². The summed E-state index contributed by atoms with van der Waals surface area (Å²) in [6.45, 7) is 5.68. The average molecular weight is 340 g/mol. The maximum absolute atomic E-state index is 5.81. The highest BCUT2D eigenvalue weighted by molar-refractivity contribution is 5.54. The van der Waals surface area contributed by atoms with Crippen molar-refractivity contribution in [3.63, 3.8) is 0 Å². The molecule has 0 amide bonds. The SMILES string of the molecule is Cc1ccc(-c2noc(CN3CCO[C@H](Cn4cncn4)C3)n2)cc1. The minimum Gasteiger partial charge on any atom is -0.374 e. The van der Waals surface area contributed by atoms with Crippen molar-refractivity contribution in [2.45, 2.75) is 26.1 Å². The molecule has 3 aromatic rings. The van der Waals surface area contributed by atoms with E-state index in [0.29, 0.717) is 31.4 Å². The van der Waals surface area contributed by atoms with E-state index in [-0.39, 0.29) is 6.10 Å². The van der Waals surface area contributed by atoms with Gasteiger partial charge >= 0.3 is 0 Å². The molecule has 0 N–H and O–H groups in total. The van der Waals surface area contributed by atoms with Gasteiger partial charge in [0.1, 0.15) is 12.7 Å². The summed E-state index contributed by atoms with van der Waals surface area (Å²) in [5.41, 5.74) is 2.17. The first-order valence-corrected chi connectivity index (χ1v) is 8.32. The monoisotopic (exact) mass is 340 g/mol.